The van der Waals surface area contributed by atoms with Crippen LogP contribution in [0.25, 0.3) is 0 Å². The Morgan fingerprint density at radius 1 is 1.12 bits per heavy atom. The normalized spacial score (nSPS) is 10.1. The lowest BCUT2D eigenvalue weighted by atomic mass is 10.1. The molecule has 0 fully saturated rings. The fourth-order valence-corrected chi connectivity index (χ4v) is 1.67. The van der Waals surface area contributed by atoms with E-state index in [0.717, 1.165) is 12.8 Å². The molecule has 3 nitrogen and oxygen atoms in total. The Hall–Kier alpha value is -2.03. The van der Waals surface area contributed by atoms with Gasteiger partial charge in [-0.1, -0.05) is 30.3 Å². The first-order valence-corrected chi connectivity index (χ1v) is 5.69. The number of aromatic nitrogens is 2. The van der Waals surface area contributed by atoms with Crippen LogP contribution in [0, 0.1) is 0 Å². The highest BCUT2D eigenvalue weighted by molar-refractivity contribution is 5.93. The Bertz CT molecular complexity index is 468. The maximum Gasteiger partial charge on any atom is 0.182 e. The highest BCUT2D eigenvalue weighted by Crippen LogP contribution is 2.07. The molecule has 0 bridgehead atoms. The summed E-state index contributed by atoms with van der Waals surface area (Å²) < 4.78 is 0. The quantitative estimate of drug-likeness (QED) is 0.736. The van der Waals surface area contributed by atoms with E-state index in [1.54, 1.807) is 12.4 Å². The third-order valence-corrected chi connectivity index (χ3v) is 2.56. The van der Waals surface area contributed by atoms with E-state index in [1.165, 1.54) is 11.8 Å². The zero-order chi connectivity index (χ0) is 11.9. The molecule has 2 rings (SSSR count). The Labute approximate surface area is 101 Å². The highest BCUT2D eigenvalue weighted by atomic mass is 16.1. The van der Waals surface area contributed by atoms with Gasteiger partial charge in [0.2, 0.25) is 0 Å². The van der Waals surface area contributed by atoms with Crippen molar-refractivity contribution in [1.29, 1.82) is 0 Å². The minimum absolute atomic E-state index is 0.0639. The monoisotopic (exact) mass is 226 g/mol. The maximum atomic E-state index is 11.7. The van der Waals surface area contributed by atoms with E-state index in [0.29, 0.717) is 12.1 Å². The first-order chi connectivity index (χ1) is 8.36. The number of ketones is 1. The molecule has 0 radical (unpaired) electrons. The van der Waals surface area contributed by atoms with Gasteiger partial charge in [0, 0.05) is 18.8 Å². The number of nitrogens with zero attached hydrogens (tertiary/aromatic N) is 2. The summed E-state index contributed by atoms with van der Waals surface area (Å²) in [5, 5.41) is 0. The van der Waals surface area contributed by atoms with Crippen molar-refractivity contribution in [2.24, 2.45) is 0 Å². The lowest BCUT2D eigenvalue weighted by molar-refractivity contribution is 0.0975. The molecule has 0 aliphatic heterocycles. The topological polar surface area (TPSA) is 42.9 Å². The summed E-state index contributed by atoms with van der Waals surface area (Å²) in [5.41, 5.74) is 1.72. The lowest BCUT2D eigenvalue weighted by Crippen LogP contribution is -2.02. The van der Waals surface area contributed by atoms with Crippen LogP contribution in [0.15, 0.2) is 48.9 Å². The van der Waals surface area contributed by atoms with Crippen molar-refractivity contribution in [3.63, 3.8) is 0 Å². The molecule has 0 saturated heterocycles. The largest absolute Gasteiger partial charge is 0.292 e. The van der Waals surface area contributed by atoms with Gasteiger partial charge < -0.3 is 0 Å². The molecule has 0 N–H and O–H groups in total. The number of carbonyl (C=O) groups excluding carboxylic acids is 1. The van der Waals surface area contributed by atoms with Crippen LogP contribution in [0.2, 0.25) is 0 Å². The zero-order valence-electron chi connectivity index (χ0n) is 9.54. The third kappa shape index (κ3) is 3.48. The molecule has 17 heavy (non-hydrogen) atoms. The maximum absolute atomic E-state index is 11.7. The van der Waals surface area contributed by atoms with Crippen LogP contribution in [0.1, 0.15) is 28.9 Å². The van der Waals surface area contributed by atoms with Crippen LogP contribution in [-0.4, -0.2) is 15.8 Å². The van der Waals surface area contributed by atoms with Crippen molar-refractivity contribution in [2.75, 3.05) is 0 Å². The predicted molar refractivity (Wildman–Crippen MR) is 65.7 cm³/mol. The summed E-state index contributed by atoms with van der Waals surface area (Å²) in [4.78, 5) is 19.6. The molecule has 0 amide bonds. The molecule has 0 atom stereocenters. The Morgan fingerprint density at radius 2 is 1.94 bits per heavy atom. The minimum atomic E-state index is 0.0639. The molecule has 0 spiro atoms. The molecule has 3 heteroatoms. The molecule has 1 aromatic heterocycles. The Morgan fingerprint density at radius 3 is 2.65 bits per heavy atom. The van der Waals surface area contributed by atoms with E-state index in [1.807, 2.05) is 18.2 Å². The average Bonchev–Trinajstić information content (AvgIpc) is 2.41. The molecule has 86 valence electrons. The van der Waals surface area contributed by atoms with Crippen molar-refractivity contribution in [3.05, 3.63) is 60.2 Å². The second-order valence-corrected chi connectivity index (χ2v) is 3.85. The van der Waals surface area contributed by atoms with E-state index in [2.05, 4.69) is 22.1 Å². The molecule has 0 aliphatic rings. The smallest absolute Gasteiger partial charge is 0.182 e. The number of hydrogen-bond donors (Lipinski definition) is 0. The second-order valence-electron chi connectivity index (χ2n) is 3.85. The number of Topliss-reactive ketones (excluding diaryl/α,β-unsaturated/α-hetero) is 1. The summed E-state index contributed by atoms with van der Waals surface area (Å²) in [6.07, 6.45) is 6.93. The first kappa shape index (κ1) is 11.5. The lowest BCUT2D eigenvalue weighted by Gasteiger charge is -2.00. The van der Waals surface area contributed by atoms with Crippen LogP contribution in [0.5, 0.6) is 0 Å². The van der Waals surface area contributed by atoms with E-state index in [9.17, 15) is 4.79 Å². The number of benzene rings is 1. The highest BCUT2D eigenvalue weighted by Gasteiger charge is 2.06. The molecule has 1 heterocycles. The molecular weight excluding hydrogens is 212 g/mol. The van der Waals surface area contributed by atoms with Crippen LogP contribution >= 0.6 is 0 Å². The van der Waals surface area contributed by atoms with Gasteiger partial charge in [-0.15, -0.1) is 0 Å². The van der Waals surface area contributed by atoms with Crippen LogP contribution in [-0.2, 0) is 6.42 Å². The first-order valence-electron chi connectivity index (χ1n) is 5.69. The van der Waals surface area contributed by atoms with Gasteiger partial charge in [-0.3, -0.25) is 9.78 Å². The Balaban J connectivity index is 1.82. The van der Waals surface area contributed by atoms with Gasteiger partial charge in [0.15, 0.2) is 5.78 Å². The van der Waals surface area contributed by atoms with Gasteiger partial charge in [-0.25, -0.2) is 4.98 Å². The fourth-order valence-electron chi connectivity index (χ4n) is 1.67. The summed E-state index contributed by atoms with van der Waals surface area (Å²) in [6, 6.07) is 10.2. The van der Waals surface area contributed by atoms with Crippen molar-refractivity contribution >= 4 is 5.78 Å². The van der Waals surface area contributed by atoms with Gasteiger partial charge in [0.05, 0.1) is 6.20 Å². The van der Waals surface area contributed by atoms with E-state index in [-0.39, 0.29) is 5.78 Å². The van der Waals surface area contributed by atoms with E-state index in [4.69, 9.17) is 0 Å². The van der Waals surface area contributed by atoms with Crippen molar-refractivity contribution in [1.82, 2.24) is 9.97 Å². The minimum Gasteiger partial charge on any atom is -0.292 e. The van der Waals surface area contributed by atoms with Gasteiger partial charge in [0.1, 0.15) is 5.69 Å². The number of carbonyl (C=O) groups is 1. The van der Waals surface area contributed by atoms with Crippen molar-refractivity contribution in [3.8, 4) is 0 Å². The third-order valence-electron chi connectivity index (χ3n) is 2.56. The summed E-state index contributed by atoms with van der Waals surface area (Å²) in [5.74, 6) is 0.0639. The average molecular weight is 226 g/mol. The van der Waals surface area contributed by atoms with Gasteiger partial charge >= 0.3 is 0 Å². The molecular formula is C14H14N2O. The zero-order valence-corrected chi connectivity index (χ0v) is 9.54. The van der Waals surface area contributed by atoms with E-state index < -0.39 is 0 Å². The summed E-state index contributed by atoms with van der Waals surface area (Å²) >= 11 is 0. The second kappa shape index (κ2) is 5.89. The van der Waals surface area contributed by atoms with Gasteiger partial charge in [-0.2, -0.15) is 0 Å². The number of rotatable bonds is 5. The van der Waals surface area contributed by atoms with Crippen LogP contribution in [0.4, 0.5) is 0 Å². The molecule has 2 aromatic rings. The van der Waals surface area contributed by atoms with E-state index >= 15 is 0 Å². The van der Waals surface area contributed by atoms with Crippen molar-refractivity contribution in [2.45, 2.75) is 19.3 Å². The molecule has 0 saturated carbocycles. The van der Waals surface area contributed by atoms with Crippen LogP contribution in [0.3, 0.4) is 0 Å². The molecule has 1 aromatic carbocycles. The summed E-state index contributed by atoms with van der Waals surface area (Å²) in [7, 11) is 0. The Kier molecular flexibility index (Phi) is 3.97. The van der Waals surface area contributed by atoms with Crippen molar-refractivity contribution < 1.29 is 4.79 Å². The SMILES string of the molecule is O=C(CCCc1ccccc1)c1cnccn1. The number of hydrogen-bond acceptors (Lipinski definition) is 3. The van der Waals surface area contributed by atoms with Crippen LogP contribution < -0.4 is 0 Å². The molecule has 0 unspecified atom stereocenters. The fraction of sp³-hybridized carbons (Fsp3) is 0.214. The molecule has 0 aliphatic carbocycles. The predicted octanol–water partition coefficient (Wildman–Crippen LogP) is 2.68. The van der Waals surface area contributed by atoms with Gasteiger partial charge in [-0.05, 0) is 18.4 Å². The van der Waals surface area contributed by atoms with Gasteiger partial charge in [0.25, 0.3) is 0 Å². The standard InChI is InChI=1S/C14H14N2O/c17-14(13-11-15-9-10-16-13)8-4-7-12-5-2-1-3-6-12/h1-3,5-6,9-11H,4,7-8H2. The summed E-state index contributed by atoms with van der Waals surface area (Å²) in [6.45, 7) is 0. The number of aryl methyl sites for hydroxylation is 1.